The Morgan fingerprint density at radius 1 is 1.50 bits per heavy atom. The monoisotopic (exact) mass is 217 g/mol. The lowest BCUT2D eigenvalue weighted by atomic mass is 10.0. The van der Waals surface area contributed by atoms with Crippen molar-refractivity contribution in [3.63, 3.8) is 0 Å². The maximum atomic E-state index is 8.63. The molecule has 0 aliphatic rings. The normalized spacial score (nSPS) is 11.9. The van der Waals surface area contributed by atoms with Gasteiger partial charge in [-0.25, -0.2) is 4.98 Å². The molecule has 1 aromatic rings. The van der Waals surface area contributed by atoms with E-state index in [9.17, 15) is 0 Å². The lowest BCUT2D eigenvalue weighted by Gasteiger charge is -2.12. The minimum atomic E-state index is -0.124. The van der Waals surface area contributed by atoms with Gasteiger partial charge < -0.3 is 16.6 Å². The van der Waals surface area contributed by atoms with Crippen LogP contribution in [0.25, 0.3) is 0 Å². The van der Waals surface area contributed by atoms with Gasteiger partial charge in [0.1, 0.15) is 5.82 Å². The molecule has 0 saturated heterocycles. The van der Waals surface area contributed by atoms with Gasteiger partial charge in [0.2, 0.25) is 0 Å². The predicted molar refractivity (Wildman–Crippen MR) is 59.1 cm³/mol. The van der Waals surface area contributed by atoms with Crippen LogP contribution >= 0.6 is 12.4 Å². The summed E-state index contributed by atoms with van der Waals surface area (Å²) in [5.74, 6) is 0.480. The number of nitrogens with two attached hydrogens (primary N) is 2. The molecule has 1 atom stereocenters. The SMILES string of the molecule is Cl.Nc1ncccc1[C@H](N)CCCO. The second-order valence-electron chi connectivity index (χ2n) is 2.95. The van der Waals surface area contributed by atoms with Gasteiger partial charge in [-0.2, -0.15) is 0 Å². The molecule has 14 heavy (non-hydrogen) atoms. The molecule has 0 spiro atoms. The molecule has 0 bridgehead atoms. The highest BCUT2D eigenvalue weighted by Gasteiger charge is 2.08. The number of rotatable bonds is 4. The zero-order valence-corrected chi connectivity index (χ0v) is 8.70. The van der Waals surface area contributed by atoms with E-state index < -0.39 is 0 Å². The third kappa shape index (κ3) is 3.49. The van der Waals surface area contributed by atoms with Gasteiger partial charge in [0.25, 0.3) is 0 Å². The molecule has 1 heterocycles. The summed E-state index contributed by atoms with van der Waals surface area (Å²) in [6.45, 7) is 0.161. The Morgan fingerprint density at radius 2 is 2.21 bits per heavy atom. The van der Waals surface area contributed by atoms with E-state index >= 15 is 0 Å². The van der Waals surface area contributed by atoms with Crippen LogP contribution in [0.15, 0.2) is 18.3 Å². The van der Waals surface area contributed by atoms with Gasteiger partial charge in [-0.15, -0.1) is 12.4 Å². The Kier molecular flexibility index (Phi) is 6.19. The van der Waals surface area contributed by atoms with Crippen molar-refractivity contribution in [3.05, 3.63) is 23.9 Å². The van der Waals surface area contributed by atoms with E-state index in [-0.39, 0.29) is 25.1 Å². The largest absolute Gasteiger partial charge is 0.396 e. The van der Waals surface area contributed by atoms with Crippen LogP contribution in [0.3, 0.4) is 0 Å². The number of aliphatic hydroxyl groups excluding tert-OH is 1. The molecule has 5 N–H and O–H groups in total. The number of anilines is 1. The van der Waals surface area contributed by atoms with Gasteiger partial charge in [-0.1, -0.05) is 6.07 Å². The van der Waals surface area contributed by atoms with E-state index in [1.54, 1.807) is 6.20 Å². The van der Waals surface area contributed by atoms with E-state index in [1.165, 1.54) is 0 Å². The van der Waals surface area contributed by atoms with Crippen LogP contribution < -0.4 is 11.5 Å². The van der Waals surface area contributed by atoms with Crippen LogP contribution in [-0.4, -0.2) is 16.7 Å². The molecule has 0 aliphatic carbocycles. The van der Waals surface area contributed by atoms with E-state index in [0.717, 1.165) is 12.0 Å². The average molecular weight is 218 g/mol. The molecule has 0 amide bonds. The summed E-state index contributed by atoms with van der Waals surface area (Å²) < 4.78 is 0. The summed E-state index contributed by atoms with van der Waals surface area (Å²) in [4.78, 5) is 3.94. The van der Waals surface area contributed by atoms with Crippen LogP contribution in [0.2, 0.25) is 0 Å². The molecule has 0 unspecified atom stereocenters. The molecule has 0 radical (unpaired) electrons. The van der Waals surface area contributed by atoms with Crippen LogP contribution in [0.4, 0.5) is 5.82 Å². The van der Waals surface area contributed by atoms with Gasteiger partial charge in [0, 0.05) is 24.4 Å². The number of hydrogen-bond donors (Lipinski definition) is 3. The predicted octanol–water partition coefficient (Wildman–Crippen LogP) is 0.858. The Labute approximate surface area is 89.7 Å². The molecule has 4 nitrogen and oxygen atoms in total. The Morgan fingerprint density at radius 3 is 2.79 bits per heavy atom. The van der Waals surface area contributed by atoms with E-state index in [1.807, 2.05) is 12.1 Å². The van der Waals surface area contributed by atoms with Crippen molar-refractivity contribution in [2.24, 2.45) is 5.73 Å². The minimum absolute atomic E-state index is 0. The van der Waals surface area contributed by atoms with Crippen LogP contribution in [-0.2, 0) is 0 Å². The van der Waals surface area contributed by atoms with Gasteiger partial charge >= 0.3 is 0 Å². The summed E-state index contributed by atoms with van der Waals surface area (Å²) in [5, 5.41) is 8.63. The van der Waals surface area contributed by atoms with Crippen molar-refractivity contribution in [1.29, 1.82) is 0 Å². The second kappa shape index (κ2) is 6.59. The van der Waals surface area contributed by atoms with Crippen molar-refractivity contribution in [2.45, 2.75) is 18.9 Å². The first kappa shape index (κ1) is 13.2. The highest BCUT2D eigenvalue weighted by atomic mass is 35.5. The topological polar surface area (TPSA) is 85.2 Å². The first-order chi connectivity index (χ1) is 6.25. The van der Waals surface area contributed by atoms with Crippen molar-refractivity contribution >= 4 is 18.2 Å². The molecular weight excluding hydrogens is 202 g/mol. The first-order valence-electron chi connectivity index (χ1n) is 4.32. The third-order valence-electron chi connectivity index (χ3n) is 1.94. The summed E-state index contributed by atoms with van der Waals surface area (Å²) >= 11 is 0. The molecule has 1 aromatic heterocycles. The smallest absolute Gasteiger partial charge is 0.128 e. The van der Waals surface area contributed by atoms with Crippen molar-refractivity contribution in [2.75, 3.05) is 12.3 Å². The molecule has 5 heteroatoms. The fourth-order valence-electron chi connectivity index (χ4n) is 1.21. The number of aliphatic hydroxyl groups is 1. The zero-order valence-electron chi connectivity index (χ0n) is 7.89. The second-order valence-corrected chi connectivity index (χ2v) is 2.95. The fourth-order valence-corrected chi connectivity index (χ4v) is 1.21. The zero-order chi connectivity index (χ0) is 9.68. The lowest BCUT2D eigenvalue weighted by Crippen LogP contribution is -2.13. The number of halogens is 1. The molecule has 0 fully saturated rings. The summed E-state index contributed by atoms with van der Waals surface area (Å²) in [6.07, 6.45) is 3.06. The van der Waals surface area contributed by atoms with Gasteiger partial charge in [-0.05, 0) is 18.9 Å². The van der Waals surface area contributed by atoms with Gasteiger partial charge in [-0.3, -0.25) is 0 Å². The first-order valence-corrected chi connectivity index (χ1v) is 4.32. The number of hydrogen-bond acceptors (Lipinski definition) is 4. The van der Waals surface area contributed by atoms with Gasteiger partial charge in [0.05, 0.1) is 0 Å². The third-order valence-corrected chi connectivity index (χ3v) is 1.94. The van der Waals surface area contributed by atoms with Crippen LogP contribution in [0, 0.1) is 0 Å². The molecule has 1 rings (SSSR count). The molecule has 80 valence electrons. The van der Waals surface area contributed by atoms with E-state index in [2.05, 4.69) is 4.98 Å². The maximum Gasteiger partial charge on any atom is 0.128 e. The van der Waals surface area contributed by atoms with Gasteiger partial charge in [0.15, 0.2) is 0 Å². The Hall–Kier alpha value is -0.840. The fraction of sp³-hybridized carbons (Fsp3) is 0.444. The molecule has 0 aromatic carbocycles. The molecular formula is C9H16ClN3O. The average Bonchev–Trinajstić information content (AvgIpc) is 2.15. The van der Waals surface area contributed by atoms with E-state index in [4.69, 9.17) is 16.6 Å². The summed E-state index contributed by atoms with van der Waals surface area (Å²) in [6, 6.07) is 3.55. The number of aromatic nitrogens is 1. The quantitative estimate of drug-likeness (QED) is 0.698. The van der Waals surface area contributed by atoms with Crippen molar-refractivity contribution in [1.82, 2.24) is 4.98 Å². The number of nitrogen functional groups attached to an aromatic ring is 1. The Balaban J connectivity index is 0.00000169. The van der Waals surface area contributed by atoms with Crippen molar-refractivity contribution < 1.29 is 5.11 Å². The maximum absolute atomic E-state index is 8.63. The molecule has 0 aliphatic heterocycles. The van der Waals surface area contributed by atoms with Crippen LogP contribution in [0.5, 0.6) is 0 Å². The number of pyridine rings is 1. The van der Waals surface area contributed by atoms with E-state index in [0.29, 0.717) is 12.2 Å². The highest BCUT2D eigenvalue weighted by molar-refractivity contribution is 5.85. The summed E-state index contributed by atoms with van der Waals surface area (Å²) in [5.41, 5.74) is 12.3. The summed E-state index contributed by atoms with van der Waals surface area (Å²) in [7, 11) is 0. The molecule has 0 saturated carbocycles. The van der Waals surface area contributed by atoms with Crippen molar-refractivity contribution in [3.8, 4) is 0 Å². The Bertz CT molecular complexity index is 270. The number of nitrogens with zero attached hydrogens (tertiary/aromatic N) is 1. The highest BCUT2D eigenvalue weighted by Crippen LogP contribution is 2.19. The minimum Gasteiger partial charge on any atom is -0.396 e. The standard InChI is InChI=1S/C9H15N3O.ClH/c10-8(4-2-6-13)7-3-1-5-12-9(7)11;/h1,3,5,8,13H,2,4,6,10H2,(H2,11,12);1H/t8-;/m1./s1. The lowest BCUT2D eigenvalue weighted by molar-refractivity contribution is 0.280. The van der Waals surface area contributed by atoms with Crippen LogP contribution in [0.1, 0.15) is 24.4 Å².